The maximum Gasteiger partial charge on any atom is 0.410 e. The summed E-state index contributed by atoms with van der Waals surface area (Å²) in [6.07, 6.45) is 2.05. The van der Waals surface area contributed by atoms with Gasteiger partial charge in [-0.15, -0.1) is 6.58 Å². The van der Waals surface area contributed by atoms with Gasteiger partial charge in [0.25, 0.3) is 0 Å². The molecule has 0 unspecified atom stereocenters. The van der Waals surface area contributed by atoms with Crippen molar-refractivity contribution in [2.75, 3.05) is 13.1 Å². The summed E-state index contributed by atoms with van der Waals surface area (Å²) in [5.74, 6) is -0.621. The van der Waals surface area contributed by atoms with E-state index in [1.54, 1.807) is 11.0 Å². The zero-order valence-corrected chi connectivity index (χ0v) is 15.2. The molecule has 5 heteroatoms. The maximum atomic E-state index is 12.5. The van der Waals surface area contributed by atoms with Crippen molar-refractivity contribution in [3.63, 3.8) is 0 Å². The molecule has 1 saturated heterocycles. The molecule has 1 fully saturated rings. The number of likely N-dealkylation sites (tertiary alicyclic amines) is 1. The topological polar surface area (TPSA) is 55.8 Å². The first-order valence-electron chi connectivity index (χ1n) is 8.59. The van der Waals surface area contributed by atoms with E-state index in [2.05, 4.69) is 6.58 Å². The Kier molecular flexibility index (Phi) is 6.23. The standard InChI is InChI=1S/C20H27NO4/c1-5-9-16-12-21(19(23)25-20(2,3)4)13-17(16)18(22)24-14-15-10-7-6-8-11-15/h5-8,10-11,16-17H,1,9,12-14H2,2-4H3/t16-,17+/m0/s1. The monoisotopic (exact) mass is 345 g/mol. The molecule has 0 N–H and O–H groups in total. The average molecular weight is 345 g/mol. The lowest BCUT2D eigenvalue weighted by atomic mass is 9.93. The molecule has 0 radical (unpaired) electrons. The fourth-order valence-electron chi connectivity index (χ4n) is 2.90. The number of hydrogen-bond acceptors (Lipinski definition) is 4. The number of nitrogens with zero attached hydrogens (tertiary/aromatic N) is 1. The van der Waals surface area contributed by atoms with Crippen molar-refractivity contribution >= 4 is 12.1 Å². The second-order valence-electron chi connectivity index (χ2n) is 7.37. The fourth-order valence-corrected chi connectivity index (χ4v) is 2.90. The SMILES string of the molecule is C=CC[C@H]1CN(C(=O)OC(C)(C)C)C[C@H]1C(=O)OCc1ccccc1. The van der Waals surface area contributed by atoms with Crippen LogP contribution in [0.15, 0.2) is 43.0 Å². The van der Waals surface area contributed by atoms with E-state index >= 15 is 0 Å². The van der Waals surface area contributed by atoms with Crippen molar-refractivity contribution in [2.24, 2.45) is 11.8 Å². The van der Waals surface area contributed by atoms with Gasteiger partial charge in [0.1, 0.15) is 12.2 Å². The van der Waals surface area contributed by atoms with Crippen LogP contribution in [0.25, 0.3) is 0 Å². The zero-order chi connectivity index (χ0) is 18.4. The number of rotatable bonds is 5. The smallest absolute Gasteiger partial charge is 0.410 e. The van der Waals surface area contributed by atoms with Crippen LogP contribution in [0.5, 0.6) is 0 Å². The molecule has 1 aliphatic heterocycles. The van der Waals surface area contributed by atoms with Gasteiger partial charge in [-0.2, -0.15) is 0 Å². The fraction of sp³-hybridized carbons (Fsp3) is 0.500. The second kappa shape index (κ2) is 8.19. The summed E-state index contributed by atoms with van der Waals surface area (Å²) in [6.45, 7) is 10.3. The van der Waals surface area contributed by atoms with Crippen LogP contribution in [-0.4, -0.2) is 35.7 Å². The summed E-state index contributed by atoms with van der Waals surface area (Å²) >= 11 is 0. The number of allylic oxidation sites excluding steroid dienone is 1. The molecule has 1 amide bonds. The zero-order valence-electron chi connectivity index (χ0n) is 15.2. The summed E-state index contributed by atoms with van der Waals surface area (Å²) in [5.41, 5.74) is 0.384. The lowest BCUT2D eigenvalue weighted by Crippen LogP contribution is -2.36. The number of ether oxygens (including phenoxy) is 2. The van der Waals surface area contributed by atoms with Crippen LogP contribution in [0.3, 0.4) is 0 Å². The number of carbonyl (C=O) groups excluding carboxylic acids is 2. The molecule has 1 aromatic carbocycles. The molecule has 0 aliphatic carbocycles. The molecule has 0 aromatic heterocycles. The Balaban J connectivity index is 1.98. The predicted octanol–water partition coefficient (Wildman–Crippen LogP) is 3.79. The average Bonchev–Trinajstić information content (AvgIpc) is 2.97. The Morgan fingerprint density at radius 2 is 1.92 bits per heavy atom. The van der Waals surface area contributed by atoms with Gasteiger partial charge in [-0.05, 0) is 38.7 Å². The van der Waals surface area contributed by atoms with E-state index in [0.29, 0.717) is 19.5 Å². The molecular weight excluding hydrogens is 318 g/mol. The van der Waals surface area contributed by atoms with Crippen LogP contribution in [0.2, 0.25) is 0 Å². The largest absolute Gasteiger partial charge is 0.461 e. The quantitative estimate of drug-likeness (QED) is 0.602. The van der Waals surface area contributed by atoms with Crippen LogP contribution in [0.1, 0.15) is 32.8 Å². The highest BCUT2D eigenvalue weighted by Gasteiger charge is 2.41. The van der Waals surface area contributed by atoms with Gasteiger partial charge in [0.15, 0.2) is 0 Å². The molecule has 0 spiro atoms. The van der Waals surface area contributed by atoms with Crippen molar-refractivity contribution in [1.29, 1.82) is 0 Å². The minimum Gasteiger partial charge on any atom is -0.461 e. The third kappa shape index (κ3) is 5.62. The molecular formula is C20H27NO4. The summed E-state index contributed by atoms with van der Waals surface area (Å²) in [6, 6.07) is 9.56. The molecule has 25 heavy (non-hydrogen) atoms. The third-order valence-electron chi connectivity index (χ3n) is 4.09. The number of hydrogen-bond donors (Lipinski definition) is 0. The van der Waals surface area contributed by atoms with Gasteiger partial charge in [0, 0.05) is 13.1 Å². The Morgan fingerprint density at radius 1 is 1.24 bits per heavy atom. The van der Waals surface area contributed by atoms with Crippen LogP contribution >= 0.6 is 0 Å². The molecule has 5 nitrogen and oxygen atoms in total. The van der Waals surface area contributed by atoms with E-state index in [9.17, 15) is 9.59 Å². The lowest BCUT2D eigenvalue weighted by molar-refractivity contribution is -0.150. The Morgan fingerprint density at radius 3 is 2.52 bits per heavy atom. The normalized spacial score (nSPS) is 20.2. The number of benzene rings is 1. The molecule has 1 heterocycles. The van der Waals surface area contributed by atoms with Crippen molar-refractivity contribution in [1.82, 2.24) is 4.90 Å². The van der Waals surface area contributed by atoms with Gasteiger partial charge >= 0.3 is 12.1 Å². The van der Waals surface area contributed by atoms with E-state index in [-0.39, 0.29) is 30.5 Å². The Hall–Kier alpha value is -2.30. The van der Waals surface area contributed by atoms with Gasteiger partial charge in [0.2, 0.25) is 0 Å². The highest BCUT2D eigenvalue weighted by Crippen LogP contribution is 2.29. The van der Waals surface area contributed by atoms with Gasteiger partial charge in [-0.3, -0.25) is 4.79 Å². The van der Waals surface area contributed by atoms with Crippen molar-refractivity contribution in [3.8, 4) is 0 Å². The van der Waals surface area contributed by atoms with E-state index in [1.807, 2.05) is 51.1 Å². The Labute approximate surface area is 149 Å². The van der Waals surface area contributed by atoms with Crippen molar-refractivity contribution < 1.29 is 19.1 Å². The predicted molar refractivity (Wildman–Crippen MR) is 95.8 cm³/mol. The Bertz CT molecular complexity index is 606. The molecule has 1 aromatic rings. The van der Waals surface area contributed by atoms with Gasteiger partial charge in [-0.25, -0.2) is 4.79 Å². The van der Waals surface area contributed by atoms with Gasteiger partial charge in [0.05, 0.1) is 5.92 Å². The summed E-state index contributed by atoms with van der Waals surface area (Å²) in [5, 5.41) is 0. The van der Waals surface area contributed by atoms with Crippen LogP contribution in [-0.2, 0) is 20.9 Å². The molecule has 2 rings (SSSR count). The first-order chi connectivity index (χ1) is 11.8. The minimum atomic E-state index is -0.559. The number of esters is 1. The lowest BCUT2D eigenvalue weighted by Gasteiger charge is -2.24. The molecule has 2 atom stereocenters. The van der Waals surface area contributed by atoms with Crippen LogP contribution < -0.4 is 0 Å². The molecule has 0 bridgehead atoms. The van der Waals surface area contributed by atoms with E-state index in [1.165, 1.54) is 0 Å². The summed E-state index contributed by atoms with van der Waals surface area (Å²) in [7, 11) is 0. The van der Waals surface area contributed by atoms with E-state index in [4.69, 9.17) is 9.47 Å². The van der Waals surface area contributed by atoms with Crippen molar-refractivity contribution in [2.45, 2.75) is 39.4 Å². The van der Waals surface area contributed by atoms with E-state index in [0.717, 1.165) is 5.56 Å². The first kappa shape index (κ1) is 19.0. The van der Waals surface area contributed by atoms with Crippen LogP contribution in [0.4, 0.5) is 4.79 Å². The molecule has 0 saturated carbocycles. The van der Waals surface area contributed by atoms with Gasteiger partial charge < -0.3 is 14.4 Å². The highest BCUT2D eigenvalue weighted by atomic mass is 16.6. The number of carbonyl (C=O) groups is 2. The minimum absolute atomic E-state index is 0.00768. The third-order valence-corrected chi connectivity index (χ3v) is 4.09. The highest BCUT2D eigenvalue weighted by molar-refractivity contribution is 5.76. The molecule has 1 aliphatic rings. The summed E-state index contributed by atoms with van der Waals surface area (Å²) < 4.78 is 10.9. The maximum absolute atomic E-state index is 12.5. The van der Waals surface area contributed by atoms with Gasteiger partial charge in [-0.1, -0.05) is 36.4 Å². The number of amides is 1. The first-order valence-corrected chi connectivity index (χ1v) is 8.59. The second-order valence-corrected chi connectivity index (χ2v) is 7.37. The van der Waals surface area contributed by atoms with Crippen molar-refractivity contribution in [3.05, 3.63) is 48.6 Å². The van der Waals surface area contributed by atoms with E-state index < -0.39 is 5.60 Å². The van der Waals surface area contributed by atoms with Crippen LogP contribution in [0, 0.1) is 11.8 Å². The molecule has 136 valence electrons. The summed E-state index contributed by atoms with van der Waals surface area (Å²) in [4.78, 5) is 26.4.